The van der Waals surface area contributed by atoms with Crippen molar-refractivity contribution in [1.82, 2.24) is 14.9 Å². The number of pyridine rings is 1. The van der Waals surface area contributed by atoms with Gasteiger partial charge in [0, 0.05) is 34.8 Å². The van der Waals surface area contributed by atoms with Crippen LogP contribution in [0.4, 0.5) is 0 Å². The third kappa shape index (κ3) is 2.76. The Balaban J connectivity index is 1.57. The average Bonchev–Trinajstić information content (AvgIpc) is 3.22. The number of hydrogen-bond donors (Lipinski definition) is 1. The Morgan fingerprint density at radius 2 is 2.26 bits per heavy atom. The lowest BCUT2D eigenvalue weighted by Crippen LogP contribution is -2.37. The maximum Gasteiger partial charge on any atom is 0.249 e. The highest BCUT2D eigenvalue weighted by Crippen LogP contribution is 2.33. The Kier molecular flexibility index (Phi) is 3.85. The van der Waals surface area contributed by atoms with E-state index in [-0.39, 0.29) is 17.3 Å². The van der Waals surface area contributed by atoms with E-state index in [0.717, 1.165) is 22.2 Å². The molecular formula is C17H14ClN3OS. The normalized spacial score (nSPS) is 20.9. The van der Waals surface area contributed by atoms with E-state index < -0.39 is 0 Å². The van der Waals surface area contributed by atoms with Crippen molar-refractivity contribution in [2.24, 2.45) is 0 Å². The van der Waals surface area contributed by atoms with Crippen LogP contribution in [0.5, 0.6) is 0 Å². The van der Waals surface area contributed by atoms with Gasteiger partial charge in [0.15, 0.2) is 0 Å². The van der Waals surface area contributed by atoms with Crippen LogP contribution in [0, 0.1) is 0 Å². The summed E-state index contributed by atoms with van der Waals surface area (Å²) in [6, 6.07) is 11.2. The molecular weight excluding hydrogens is 330 g/mol. The van der Waals surface area contributed by atoms with Gasteiger partial charge in [-0.25, -0.2) is 0 Å². The summed E-state index contributed by atoms with van der Waals surface area (Å²) >= 11 is 7.74. The number of halogens is 1. The first-order chi connectivity index (χ1) is 11.2. The van der Waals surface area contributed by atoms with Gasteiger partial charge < -0.3 is 0 Å². The molecule has 0 spiro atoms. The van der Waals surface area contributed by atoms with Crippen molar-refractivity contribution in [2.75, 3.05) is 5.75 Å². The van der Waals surface area contributed by atoms with Crippen LogP contribution in [0.3, 0.4) is 0 Å². The molecule has 2 aromatic heterocycles. The molecule has 4 nitrogen and oxygen atoms in total. The Morgan fingerprint density at radius 1 is 1.35 bits per heavy atom. The van der Waals surface area contributed by atoms with Crippen molar-refractivity contribution in [3.05, 3.63) is 65.6 Å². The highest BCUT2D eigenvalue weighted by Gasteiger charge is 2.31. The molecule has 0 saturated carbocycles. The standard InChI is InChI=1S/C17H14ClN3OS/c18-13-3-4-15-11(8-13)5-7-21(15)17(22)14-10-23-16(20-14)12-2-1-6-19-9-12/h1-9,14,16,20H,10H2. The molecule has 1 fully saturated rings. The smallest absolute Gasteiger partial charge is 0.249 e. The van der Waals surface area contributed by atoms with Gasteiger partial charge in [-0.2, -0.15) is 0 Å². The molecule has 1 saturated heterocycles. The number of fused-ring (bicyclic) bond motifs is 1. The molecule has 3 aromatic rings. The molecule has 6 heteroatoms. The number of hydrogen-bond acceptors (Lipinski definition) is 4. The van der Waals surface area contributed by atoms with E-state index in [2.05, 4.69) is 10.3 Å². The summed E-state index contributed by atoms with van der Waals surface area (Å²) in [6.45, 7) is 0. The van der Waals surface area contributed by atoms with E-state index in [4.69, 9.17) is 11.6 Å². The maximum absolute atomic E-state index is 12.8. The number of rotatable bonds is 2. The second kappa shape index (κ2) is 6.00. The van der Waals surface area contributed by atoms with Gasteiger partial charge in [-0.05, 0) is 35.9 Å². The highest BCUT2D eigenvalue weighted by atomic mass is 35.5. The molecule has 2 unspecified atom stereocenters. The Morgan fingerprint density at radius 3 is 3.09 bits per heavy atom. The molecule has 0 bridgehead atoms. The molecule has 1 aromatic carbocycles. The zero-order chi connectivity index (χ0) is 15.8. The molecule has 0 amide bonds. The molecule has 2 atom stereocenters. The number of benzene rings is 1. The first kappa shape index (κ1) is 14.8. The molecule has 1 aliphatic heterocycles. The molecule has 23 heavy (non-hydrogen) atoms. The lowest BCUT2D eigenvalue weighted by molar-refractivity contribution is 0.0879. The minimum atomic E-state index is -0.212. The third-order valence-electron chi connectivity index (χ3n) is 3.96. The Hall–Kier alpha value is -1.82. The average molecular weight is 344 g/mol. The van der Waals surface area contributed by atoms with Gasteiger partial charge in [0.2, 0.25) is 5.91 Å². The third-order valence-corrected chi connectivity index (χ3v) is 5.46. The summed E-state index contributed by atoms with van der Waals surface area (Å²) in [6.07, 6.45) is 5.40. The van der Waals surface area contributed by atoms with Crippen molar-refractivity contribution in [1.29, 1.82) is 0 Å². The second-order valence-corrected chi connectivity index (χ2v) is 7.02. The Bertz CT molecular complexity index is 865. The number of carbonyl (C=O) groups excluding carboxylic acids is 1. The fourth-order valence-corrected chi connectivity index (χ4v) is 4.21. The van der Waals surface area contributed by atoms with E-state index in [0.29, 0.717) is 5.02 Å². The van der Waals surface area contributed by atoms with Crippen LogP contribution in [0.1, 0.15) is 15.7 Å². The van der Waals surface area contributed by atoms with E-state index in [1.165, 1.54) is 0 Å². The summed E-state index contributed by atoms with van der Waals surface area (Å²) < 4.78 is 1.70. The van der Waals surface area contributed by atoms with Crippen molar-refractivity contribution < 1.29 is 4.79 Å². The molecule has 4 rings (SSSR count). The molecule has 0 aliphatic carbocycles. The summed E-state index contributed by atoms with van der Waals surface area (Å²) in [7, 11) is 0. The van der Waals surface area contributed by atoms with Crippen LogP contribution in [-0.2, 0) is 0 Å². The molecule has 116 valence electrons. The summed E-state index contributed by atoms with van der Waals surface area (Å²) in [4.78, 5) is 17.0. The SMILES string of the molecule is O=C(C1CSC(c2cccnc2)N1)n1ccc2cc(Cl)ccc21. The monoisotopic (exact) mass is 343 g/mol. The molecule has 3 heterocycles. The molecule has 0 radical (unpaired) electrons. The first-order valence-corrected chi connectivity index (χ1v) is 8.73. The summed E-state index contributed by atoms with van der Waals surface area (Å²) in [5.74, 6) is 0.798. The Labute approximate surface area is 142 Å². The van der Waals surface area contributed by atoms with Crippen molar-refractivity contribution in [2.45, 2.75) is 11.4 Å². The van der Waals surface area contributed by atoms with Gasteiger partial charge >= 0.3 is 0 Å². The van der Waals surface area contributed by atoms with Crippen molar-refractivity contribution >= 4 is 40.2 Å². The summed E-state index contributed by atoms with van der Waals surface area (Å²) in [5, 5.41) is 5.15. The fourth-order valence-electron chi connectivity index (χ4n) is 2.81. The second-order valence-electron chi connectivity index (χ2n) is 5.45. The lowest BCUT2D eigenvalue weighted by Gasteiger charge is -2.13. The zero-order valence-electron chi connectivity index (χ0n) is 12.1. The topological polar surface area (TPSA) is 46.9 Å². The van der Waals surface area contributed by atoms with E-state index in [1.807, 2.05) is 48.8 Å². The van der Waals surface area contributed by atoms with E-state index >= 15 is 0 Å². The van der Waals surface area contributed by atoms with Crippen molar-refractivity contribution in [3.8, 4) is 0 Å². The largest absolute Gasteiger partial charge is 0.290 e. The lowest BCUT2D eigenvalue weighted by atomic mass is 10.2. The predicted molar refractivity (Wildman–Crippen MR) is 93.9 cm³/mol. The van der Waals surface area contributed by atoms with Gasteiger partial charge in [-0.1, -0.05) is 17.7 Å². The number of aromatic nitrogens is 2. The van der Waals surface area contributed by atoms with Gasteiger partial charge in [0.1, 0.15) is 0 Å². The van der Waals surface area contributed by atoms with Crippen LogP contribution in [0.15, 0.2) is 55.0 Å². The van der Waals surface area contributed by atoms with E-state index in [9.17, 15) is 4.79 Å². The van der Waals surface area contributed by atoms with Crippen LogP contribution >= 0.6 is 23.4 Å². The highest BCUT2D eigenvalue weighted by molar-refractivity contribution is 7.99. The maximum atomic E-state index is 12.8. The van der Waals surface area contributed by atoms with Crippen LogP contribution < -0.4 is 5.32 Å². The quantitative estimate of drug-likeness (QED) is 0.770. The van der Waals surface area contributed by atoms with E-state index in [1.54, 1.807) is 22.5 Å². The molecule has 1 aliphatic rings. The predicted octanol–water partition coefficient (Wildman–Crippen LogP) is 3.73. The molecule has 1 N–H and O–H groups in total. The van der Waals surface area contributed by atoms with Crippen LogP contribution in [0.25, 0.3) is 10.9 Å². The van der Waals surface area contributed by atoms with Gasteiger partial charge in [-0.15, -0.1) is 11.8 Å². The number of carbonyl (C=O) groups is 1. The fraction of sp³-hybridized carbons (Fsp3) is 0.176. The van der Waals surface area contributed by atoms with Gasteiger partial charge in [-0.3, -0.25) is 19.7 Å². The van der Waals surface area contributed by atoms with Crippen LogP contribution in [-0.4, -0.2) is 27.3 Å². The zero-order valence-corrected chi connectivity index (χ0v) is 13.7. The number of nitrogens with zero attached hydrogens (tertiary/aromatic N) is 2. The van der Waals surface area contributed by atoms with Gasteiger partial charge in [0.25, 0.3) is 0 Å². The summed E-state index contributed by atoms with van der Waals surface area (Å²) in [5.41, 5.74) is 1.98. The first-order valence-electron chi connectivity index (χ1n) is 7.31. The van der Waals surface area contributed by atoms with Crippen molar-refractivity contribution in [3.63, 3.8) is 0 Å². The minimum absolute atomic E-state index is 0.0567. The van der Waals surface area contributed by atoms with Crippen LogP contribution in [0.2, 0.25) is 5.02 Å². The number of thioether (sulfide) groups is 1. The minimum Gasteiger partial charge on any atom is -0.290 e. The number of nitrogens with one attached hydrogen (secondary N) is 1. The van der Waals surface area contributed by atoms with Gasteiger partial charge in [0.05, 0.1) is 16.9 Å².